The van der Waals surface area contributed by atoms with E-state index in [-0.39, 0.29) is 5.82 Å². The van der Waals surface area contributed by atoms with E-state index in [0.717, 1.165) is 16.5 Å². The molecule has 1 N–H and O–H groups in total. The van der Waals surface area contributed by atoms with Gasteiger partial charge < -0.3 is 24.3 Å². The van der Waals surface area contributed by atoms with E-state index >= 15 is 0 Å². The fourth-order valence-corrected chi connectivity index (χ4v) is 4.25. The van der Waals surface area contributed by atoms with E-state index in [1.807, 2.05) is 42.5 Å². The summed E-state index contributed by atoms with van der Waals surface area (Å²) in [5.74, 6) is 1.93. The molecule has 4 aromatic carbocycles. The van der Waals surface area contributed by atoms with E-state index in [9.17, 15) is 4.79 Å². The molecule has 9 nitrogen and oxygen atoms in total. The summed E-state index contributed by atoms with van der Waals surface area (Å²) in [4.78, 5) is 18.0. The van der Waals surface area contributed by atoms with Crippen molar-refractivity contribution in [2.75, 3.05) is 33.8 Å². The summed E-state index contributed by atoms with van der Waals surface area (Å²) >= 11 is 0. The molecule has 0 unspecified atom stereocenters. The predicted molar refractivity (Wildman–Crippen MR) is 145 cm³/mol. The lowest BCUT2D eigenvalue weighted by Gasteiger charge is -2.15. The molecule has 0 fully saturated rings. The highest BCUT2D eigenvalue weighted by Gasteiger charge is 2.23. The van der Waals surface area contributed by atoms with Gasteiger partial charge in [0.05, 0.1) is 34.1 Å². The second-order valence-corrected chi connectivity index (χ2v) is 8.27. The molecule has 0 aliphatic rings. The molecule has 38 heavy (non-hydrogen) atoms. The summed E-state index contributed by atoms with van der Waals surface area (Å²) in [7, 11) is 6.20. The van der Waals surface area contributed by atoms with Gasteiger partial charge in [-0.15, -0.1) is 5.10 Å². The van der Waals surface area contributed by atoms with Gasteiger partial charge in [-0.3, -0.25) is 4.79 Å². The Morgan fingerprint density at radius 2 is 1.50 bits per heavy atom. The zero-order valence-corrected chi connectivity index (χ0v) is 21.4. The van der Waals surface area contributed by atoms with Crippen LogP contribution in [0.1, 0.15) is 10.6 Å². The van der Waals surface area contributed by atoms with Gasteiger partial charge in [0.25, 0.3) is 5.91 Å². The summed E-state index contributed by atoms with van der Waals surface area (Å²) in [5.41, 5.74) is 1.95. The zero-order chi connectivity index (χ0) is 26.6. The van der Waals surface area contributed by atoms with Gasteiger partial charge in [-0.2, -0.15) is 0 Å². The minimum absolute atomic E-state index is 0.00972. The molecular weight excluding hydrogens is 484 g/mol. The molecule has 0 aliphatic heterocycles. The third kappa shape index (κ3) is 4.57. The van der Waals surface area contributed by atoms with Gasteiger partial charge in [0.2, 0.25) is 11.6 Å². The number of amides is 1. The number of rotatable bonds is 8. The number of carbonyl (C=O) groups is 1. The van der Waals surface area contributed by atoms with Crippen LogP contribution >= 0.6 is 0 Å². The SMILES string of the molecule is COc1cccc(NC(=O)c2nc(-c3cc(OC)c(OC)c(OC)c3)n(-c3cccc4ccccc34)n2)c1. The van der Waals surface area contributed by atoms with E-state index < -0.39 is 5.91 Å². The van der Waals surface area contributed by atoms with Crippen molar-refractivity contribution in [3.63, 3.8) is 0 Å². The second-order valence-electron chi connectivity index (χ2n) is 8.27. The first-order chi connectivity index (χ1) is 18.6. The van der Waals surface area contributed by atoms with Crippen LogP contribution < -0.4 is 24.3 Å². The maximum atomic E-state index is 13.3. The van der Waals surface area contributed by atoms with E-state index in [1.54, 1.807) is 69.5 Å². The highest BCUT2D eigenvalue weighted by Crippen LogP contribution is 2.41. The first-order valence-electron chi connectivity index (χ1n) is 11.8. The Morgan fingerprint density at radius 3 is 2.21 bits per heavy atom. The maximum Gasteiger partial charge on any atom is 0.295 e. The number of benzene rings is 4. The monoisotopic (exact) mass is 510 g/mol. The average molecular weight is 511 g/mol. The second kappa shape index (κ2) is 10.5. The minimum atomic E-state index is -0.467. The van der Waals surface area contributed by atoms with Gasteiger partial charge >= 0.3 is 0 Å². The molecule has 0 saturated heterocycles. The molecule has 1 heterocycles. The molecule has 0 radical (unpaired) electrons. The lowest BCUT2D eigenvalue weighted by molar-refractivity contribution is 0.101. The molecule has 0 aliphatic carbocycles. The third-order valence-corrected chi connectivity index (χ3v) is 6.06. The molecule has 0 spiro atoms. The van der Waals surface area contributed by atoms with Crippen LogP contribution in [0.2, 0.25) is 0 Å². The Morgan fingerprint density at radius 1 is 0.789 bits per heavy atom. The molecule has 0 saturated carbocycles. The lowest BCUT2D eigenvalue weighted by Crippen LogP contribution is -2.14. The summed E-state index contributed by atoms with van der Waals surface area (Å²) in [5, 5.41) is 9.48. The Hall–Kier alpha value is -5.05. The van der Waals surface area contributed by atoms with Crippen LogP contribution in [0.4, 0.5) is 5.69 Å². The largest absolute Gasteiger partial charge is 0.497 e. The maximum absolute atomic E-state index is 13.3. The van der Waals surface area contributed by atoms with Crippen LogP contribution in [-0.2, 0) is 0 Å². The van der Waals surface area contributed by atoms with Crippen molar-refractivity contribution >= 4 is 22.4 Å². The van der Waals surface area contributed by atoms with Crippen molar-refractivity contribution < 1.29 is 23.7 Å². The predicted octanol–water partition coefficient (Wildman–Crippen LogP) is 5.37. The fourth-order valence-electron chi connectivity index (χ4n) is 4.25. The quantitative estimate of drug-likeness (QED) is 0.300. The third-order valence-electron chi connectivity index (χ3n) is 6.06. The van der Waals surface area contributed by atoms with Gasteiger partial charge in [-0.1, -0.05) is 42.5 Å². The van der Waals surface area contributed by atoms with Crippen LogP contribution in [0.3, 0.4) is 0 Å². The molecule has 9 heteroatoms. The summed E-state index contributed by atoms with van der Waals surface area (Å²) in [6.07, 6.45) is 0. The van der Waals surface area contributed by atoms with Crippen molar-refractivity contribution in [3.05, 3.63) is 84.7 Å². The van der Waals surface area contributed by atoms with Gasteiger partial charge in [-0.05, 0) is 35.7 Å². The van der Waals surface area contributed by atoms with Crippen molar-refractivity contribution in [1.82, 2.24) is 14.8 Å². The number of methoxy groups -OCH3 is 4. The average Bonchev–Trinajstić information content (AvgIpc) is 3.41. The van der Waals surface area contributed by atoms with Crippen LogP contribution in [0.5, 0.6) is 23.0 Å². The van der Waals surface area contributed by atoms with E-state index in [4.69, 9.17) is 18.9 Å². The number of nitrogens with one attached hydrogen (secondary N) is 1. The molecule has 1 aromatic heterocycles. The number of fused-ring (bicyclic) bond motifs is 1. The number of carbonyl (C=O) groups excluding carboxylic acids is 1. The number of hydrogen-bond donors (Lipinski definition) is 1. The number of aromatic nitrogens is 3. The highest BCUT2D eigenvalue weighted by molar-refractivity contribution is 6.02. The van der Waals surface area contributed by atoms with Crippen molar-refractivity contribution in [1.29, 1.82) is 0 Å². The van der Waals surface area contributed by atoms with E-state index in [2.05, 4.69) is 15.4 Å². The van der Waals surface area contributed by atoms with E-state index in [0.29, 0.717) is 40.1 Å². The van der Waals surface area contributed by atoms with Gasteiger partial charge in [-0.25, -0.2) is 9.67 Å². The fraction of sp³-hybridized carbons (Fsp3) is 0.138. The Bertz CT molecular complexity index is 1600. The minimum Gasteiger partial charge on any atom is -0.497 e. The molecular formula is C29H26N4O5. The van der Waals surface area contributed by atoms with Crippen LogP contribution in [0.15, 0.2) is 78.9 Å². The van der Waals surface area contributed by atoms with E-state index in [1.165, 1.54) is 0 Å². The topological polar surface area (TPSA) is 96.7 Å². The summed E-state index contributed by atoms with van der Waals surface area (Å²) in [6, 6.07) is 24.5. The number of nitrogens with zero attached hydrogens (tertiary/aromatic N) is 3. The van der Waals surface area contributed by atoms with Crippen molar-refractivity contribution in [3.8, 4) is 40.1 Å². The molecule has 1 amide bonds. The van der Waals surface area contributed by atoms with Crippen molar-refractivity contribution in [2.24, 2.45) is 0 Å². The van der Waals surface area contributed by atoms with Crippen LogP contribution in [0.25, 0.3) is 27.8 Å². The zero-order valence-electron chi connectivity index (χ0n) is 21.4. The Labute approximate surface area is 219 Å². The summed E-state index contributed by atoms with van der Waals surface area (Å²) in [6.45, 7) is 0. The smallest absolute Gasteiger partial charge is 0.295 e. The van der Waals surface area contributed by atoms with Crippen molar-refractivity contribution in [2.45, 2.75) is 0 Å². The van der Waals surface area contributed by atoms with Gasteiger partial charge in [0.15, 0.2) is 17.3 Å². The van der Waals surface area contributed by atoms with Gasteiger partial charge in [0.1, 0.15) is 5.75 Å². The molecule has 5 rings (SSSR count). The van der Waals surface area contributed by atoms with Crippen LogP contribution in [0, 0.1) is 0 Å². The lowest BCUT2D eigenvalue weighted by atomic mass is 10.1. The number of ether oxygens (including phenoxy) is 4. The first-order valence-corrected chi connectivity index (χ1v) is 11.8. The molecule has 5 aromatic rings. The first kappa shape index (κ1) is 24.6. The Kier molecular flexibility index (Phi) is 6.82. The van der Waals surface area contributed by atoms with Crippen LogP contribution in [-0.4, -0.2) is 49.1 Å². The normalized spacial score (nSPS) is 10.7. The van der Waals surface area contributed by atoms with Gasteiger partial charge in [0, 0.05) is 22.7 Å². The summed E-state index contributed by atoms with van der Waals surface area (Å²) < 4.78 is 23.5. The highest BCUT2D eigenvalue weighted by atomic mass is 16.5. The number of hydrogen-bond acceptors (Lipinski definition) is 7. The Balaban J connectivity index is 1.68. The molecule has 0 bridgehead atoms. The molecule has 0 atom stereocenters. The number of anilines is 1. The standard InChI is InChI=1S/C29H26N4O5/c1-35-21-12-8-11-20(17-21)30-29(34)27-31-28(19-15-24(36-2)26(38-4)25(16-19)37-3)33(32-27)23-14-7-10-18-9-5-6-13-22(18)23/h5-17H,1-4H3,(H,30,34). The molecule has 192 valence electrons.